The highest BCUT2D eigenvalue weighted by molar-refractivity contribution is 6.31. The molecule has 0 bridgehead atoms. The number of aryl methyl sites for hydroxylation is 2. The minimum Gasteiger partial charge on any atom is -0.351 e. The van der Waals surface area contributed by atoms with Gasteiger partial charge in [0, 0.05) is 23.3 Å². The average molecular weight is 545 g/mol. The summed E-state index contributed by atoms with van der Waals surface area (Å²) >= 11 is 6.08. The second-order valence-corrected chi connectivity index (χ2v) is 8.61. The molecule has 1 heterocycles. The van der Waals surface area contributed by atoms with Crippen LogP contribution in [-0.2, 0) is 20.8 Å². The lowest BCUT2D eigenvalue weighted by atomic mass is 10.0. The van der Waals surface area contributed by atoms with Crippen molar-refractivity contribution in [1.82, 2.24) is 16.0 Å². The first-order chi connectivity index (χ1) is 15.9. The van der Waals surface area contributed by atoms with Gasteiger partial charge in [0.1, 0.15) is 6.04 Å². The monoisotopic (exact) mass is 543 g/mol. The van der Waals surface area contributed by atoms with Crippen molar-refractivity contribution < 1.29 is 14.4 Å². The first-order valence-electron chi connectivity index (χ1n) is 11.0. The van der Waals surface area contributed by atoms with Gasteiger partial charge in [0.25, 0.3) is 0 Å². The zero-order valence-electron chi connectivity index (χ0n) is 19.4. The summed E-state index contributed by atoms with van der Waals surface area (Å²) in [5.74, 6) is -0.840. The van der Waals surface area contributed by atoms with Gasteiger partial charge in [0.05, 0.1) is 12.6 Å². The second kappa shape index (κ2) is 14.9. The number of carbonyl (C=O) groups excluding carboxylic acids is 3. The summed E-state index contributed by atoms with van der Waals surface area (Å²) in [6.07, 6.45) is 1.50. The largest absolute Gasteiger partial charge is 0.351 e. The summed E-state index contributed by atoms with van der Waals surface area (Å²) in [5.41, 5.74) is 7.88. The maximum atomic E-state index is 13.1. The van der Waals surface area contributed by atoms with Gasteiger partial charge in [-0.05, 0) is 55.5 Å². The van der Waals surface area contributed by atoms with Crippen LogP contribution in [0.3, 0.4) is 0 Å². The van der Waals surface area contributed by atoms with Crippen molar-refractivity contribution >= 4 is 59.8 Å². The molecule has 0 radical (unpaired) electrons. The van der Waals surface area contributed by atoms with Crippen LogP contribution in [0.4, 0.5) is 5.69 Å². The van der Waals surface area contributed by atoms with Gasteiger partial charge in [-0.15, -0.1) is 24.8 Å². The molecule has 11 heteroatoms. The molecule has 0 aromatic heterocycles. The van der Waals surface area contributed by atoms with Crippen LogP contribution in [0, 0.1) is 6.92 Å². The quantitative estimate of drug-likeness (QED) is 0.331. The van der Waals surface area contributed by atoms with Gasteiger partial charge < -0.3 is 27.0 Å². The van der Waals surface area contributed by atoms with Crippen LogP contribution >= 0.6 is 36.4 Å². The van der Waals surface area contributed by atoms with Crippen LogP contribution in [0.25, 0.3) is 0 Å². The maximum Gasteiger partial charge on any atom is 0.246 e. The Labute approximate surface area is 222 Å². The van der Waals surface area contributed by atoms with E-state index in [4.69, 9.17) is 17.3 Å². The van der Waals surface area contributed by atoms with E-state index >= 15 is 0 Å². The first kappa shape index (κ1) is 30.7. The molecule has 192 valence electrons. The molecule has 6 N–H and O–H groups in total. The van der Waals surface area contributed by atoms with Crippen molar-refractivity contribution in [3.05, 3.63) is 64.7 Å². The van der Waals surface area contributed by atoms with Gasteiger partial charge in [-0.3, -0.25) is 14.4 Å². The molecule has 0 saturated carbocycles. The Hall–Kier alpha value is -2.36. The number of nitrogens with two attached hydrogens (primary N) is 1. The molecule has 3 rings (SSSR count). The fraction of sp³-hybridized carbons (Fsp3) is 0.375. The van der Waals surface area contributed by atoms with Gasteiger partial charge in [-0.1, -0.05) is 41.9 Å². The van der Waals surface area contributed by atoms with Gasteiger partial charge >= 0.3 is 0 Å². The summed E-state index contributed by atoms with van der Waals surface area (Å²) in [4.78, 5) is 37.5. The van der Waals surface area contributed by atoms with Crippen molar-refractivity contribution in [2.45, 2.75) is 44.3 Å². The predicted octanol–water partition coefficient (Wildman–Crippen LogP) is 2.35. The highest BCUT2D eigenvalue weighted by atomic mass is 35.5. The molecule has 8 nitrogen and oxygen atoms in total. The van der Waals surface area contributed by atoms with E-state index in [2.05, 4.69) is 21.3 Å². The third-order valence-corrected chi connectivity index (χ3v) is 6.04. The smallest absolute Gasteiger partial charge is 0.246 e. The van der Waals surface area contributed by atoms with E-state index < -0.39 is 12.1 Å². The molecule has 3 amide bonds. The Morgan fingerprint density at radius 1 is 1.14 bits per heavy atom. The summed E-state index contributed by atoms with van der Waals surface area (Å²) in [6, 6.07) is 13.6. The molecule has 2 aromatic carbocycles. The Balaban J connectivity index is 0.00000306. The van der Waals surface area contributed by atoms with E-state index in [-0.39, 0.29) is 55.1 Å². The minimum absolute atomic E-state index is 0. The van der Waals surface area contributed by atoms with E-state index in [1.165, 1.54) is 0 Å². The zero-order chi connectivity index (χ0) is 23.8. The minimum atomic E-state index is -0.729. The average Bonchev–Trinajstić information content (AvgIpc) is 3.28. The number of rotatable bonds is 9. The van der Waals surface area contributed by atoms with Gasteiger partial charge in [0.15, 0.2) is 0 Å². The number of hydrogen-bond donors (Lipinski definition) is 5. The summed E-state index contributed by atoms with van der Waals surface area (Å²) in [5, 5.41) is 12.3. The third-order valence-electron chi connectivity index (χ3n) is 5.62. The molecule has 1 saturated heterocycles. The SMILES string of the molecule is Cc1cc(NC(=O)[C@@H](CCc2ccccc2)NC(=O)[C@@H]2C[C@@H](NC(=O)CN)CN2)ccc1Cl.Cl.Cl. The van der Waals surface area contributed by atoms with Gasteiger partial charge in [-0.2, -0.15) is 0 Å². The number of nitrogens with one attached hydrogen (secondary N) is 4. The van der Waals surface area contributed by atoms with Crippen molar-refractivity contribution in [3.63, 3.8) is 0 Å². The summed E-state index contributed by atoms with van der Waals surface area (Å²) < 4.78 is 0. The first-order valence-corrected chi connectivity index (χ1v) is 11.4. The van der Waals surface area contributed by atoms with Crippen LogP contribution in [-0.4, -0.2) is 48.9 Å². The fourth-order valence-electron chi connectivity index (χ4n) is 3.78. The number of amides is 3. The zero-order valence-corrected chi connectivity index (χ0v) is 21.8. The van der Waals surface area contributed by atoms with Crippen LogP contribution in [0.15, 0.2) is 48.5 Å². The van der Waals surface area contributed by atoms with E-state index in [1.54, 1.807) is 18.2 Å². The molecule has 0 aliphatic carbocycles. The standard InChI is InChI=1S/C24H30ClN5O3.2ClH/c1-15-11-17(8-9-19(15)25)29-23(32)20(10-7-16-5-3-2-4-6-16)30-24(33)21-12-18(14-27-21)28-22(31)13-26;;/h2-6,8-9,11,18,20-21,27H,7,10,12-14,26H2,1H3,(H,28,31)(H,29,32)(H,30,33);2*1H/t18-,20-,21+;;/m1../s1. The van der Waals surface area contributed by atoms with E-state index in [0.29, 0.717) is 36.5 Å². The van der Waals surface area contributed by atoms with E-state index in [9.17, 15) is 14.4 Å². The fourth-order valence-corrected chi connectivity index (χ4v) is 3.90. The normalized spacial score (nSPS) is 17.3. The number of hydrogen-bond acceptors (Lipinski definition) is 5. The molecule has 0 unspecified atom stereocenters. The van der Waals surface area contributed by atoms with E-state index in [1.807, 2.05) is 37.3 Å². The second-order valence-electron chi connectivity index (χ2n) is 8.20. The highest BCUT2D eigenvalue weighted by Gasteiger charge is 2.32. The van der Waals surface area contributed by atoms with Crippen LogP contribution in [0.5, 0.6) is 0 Å². The molecular weight excluding hydrogens is 513 g/mol. The maximum absolute atomic E-state index is 13.1. The predicted molar refractivity (Wildman–Crippen MR) is 143 cm³/mol. The van der Waals surface area contributed by atoms with Crippen LogP contribution < -0.4 is 27.0 Å². The number of halogens is 3. The number of carbonyl (C=O) groups is 3. The van der Waals surface area contributed by atoms with Crippen LogP contribution in [0.1, 0.15) is 24.0 Å². The Morgan fingerprint density at radius 3 is 2.51 bits per heavy atom. The molecule has 0 spiro atoms. The molecule has 1 fully saturated rings. The third kappa shape index (κ3) is 9.31. The molecular formula is C24H32Cl3N5O3. The van der Waals surface area contributed by atoms with Crippen molar-refractivity contribution in [1.29, 1.82) is 0 Å². The Kier molecular flexibility index (Phi) is 13.1. The highest BCUT2D eigenvalue weighted by Crippen LogP contribution is 2.20. The van der Waals surface area contributed by atoms with Crippen molar-refractivity contribution in [3.8, 4) is 0 Å². The lowest BCUT2D eigenvalue weighted by molar-refractivity contribution is -0.127. The molecule has 2 aromatic rings. The number of anilines is 1. The van der Waals surface area contributed by atoms with Crippen LogP contribution in [0.2, 0.25) is 5.02 Å². The molecule has 35 heavy (non-hydrogen) atoms. The van der Waals surface area contributed by atoms with Gasteiger partial charge in [0.2, 0.25) is 17.7 Å². The lowest BCUT2D eigenvalue weighted by Crippen LogP contribution is -2.50. The number of benzene rings is 2. The Bertz CT molecular complexity index is 994. The van der Waals surface area contributed by atoms with Crippen molar-refractivity contribution in [2.75, 3.05) is 18.4 Å². The summed E-state index contributed by atoms with van der Waals surface area (Å²) in [6.45, 7) is 2.23. The van der Waals surface area contributed by atoms with Crippen molar-refractivity contribution in [2.24, 2.45) is 5.73 Å². The molecule has 1 aliphatic rings. The topological polar surface area (TPSA) is 125 Å². The van der Waals surface area contributed by atoms with E-state index in [0.717, 1.165) is 11.1 Å². The summed E-state index contributed by atoms with van der Waals surface area (Å²) in [7, 11) is 0. The molecule has 3 atom stereocenters. The Morgan fingerprint density at radius 2 is 1.86 bits per heavy atom. The lowest BCUT2D eigenvalue weighted by Gasteiger charge is -2.21. The van der Waals surface area contributed by atoms with Gasteiger partial charge in [-0.25, -0.2) is 0 Å². The molecule has 1 aliphatic heterocycles.